The number of hydrogen-bond donors (Lipinski definition) is 1. The summed E-state index contributed by atoms with van der Waals surface area (Å²) in [5.74, 6) is -0.181. The van der Waals surface area contributed by atoms with Gasteiger partial charge in [0.1, 0.15) is 5.69 Å². The molecule has 2 aromatic heterocycles. The van der Waals surface area contributed by atoms with Crippen LogP contribution in [0.5, 0.6) is 0 Å². The fourth-order valence-corrected chi connectivity index (χ4v) is 1.78. The van der Waals surface area contributed by atoms with E-state index in [1.54, 1.807) is 37.0 Å². The third-order valence-electron chi connectivity index (χ3n) is 2.10. The molecule has 0 spiro atoms. The van der Waals surface area contributed by atoms with Crippen LogP contribution in [0.4, 0.5) is 10.8 Å². The van der Waals surface area contributed by atoms with Crippen LogP contribution >= 0.6 is 11.3 Å². The monoisotopic (exact) mass is 234 g/mol. The molecule has 0 aliphatic heterocycles. The second-order valence-electron chi connectivity index (χ2n) is 3.14. The fourth-order valence-electron chi connectivity index (χ4n) is 1.24. The van der Waals surface area contributed by atoms with Gasteiger partial charge in [0, 0.05) is 30.5 Å². The number of amides is 1. The molecule has 0 saturated heterocycles. The van der Waals surface area contributed by atoms with Gasteiger partial charge in [-0.05, 0) is 12.1 Å². The van der Waals surface area contributed by atoms with Crippen molar-refractivity contribution >= 4 is 28.1 Å². The average Bonchev–Trinajstić information content (AvgIpc) is 2.75. The summed E-state index contributed by atoms with van der Waals surface area (Å²) in [6.45, 7) is 0. The van der Waals surface area contributed by atoms with E-state index in [0.29, 0.717) is 10.8 Å². The third kappa shape index (κ3) is 2.01. The smallest absolute Gasteiger partial charge is 0.277 e. The second kappa shape index (κ2) is 4.28. The lowest BCUT2D eigenvalue weighted by molar-refractivity contribution is 0.0989. The van der Waals surface area contributed by atoms with E-state index in [4.69, 9.17) is 5.73 Å². The number of aromatic nitrogens is 2. The third-order valence-corrected chi connectivity index (χ3v) is 2.77. The second-order valence-corrected chi connectivity index (χ2v) is 4.03. The fraction of sp³-hybridized carbons (Fsp3) is 0.100. The standard InChI is InChI=1S/C10H10N4OS/c1-14(7-2-4-12-5-3-7)9(15)8-6-16-10(11)13-8/h2-6H,1H3,(H2,11,13). The van der Waals surface area contributed by atoms with Crippen LogP contribution in [0.2, 0.25) is 0 Å². The largest absolute Gasteiger partial charge is 0.375 e. The maximum atomic E-state index is 12.0. The summed E-state index contributed by atoms with van der Waals surface area (Å²) in [6, 6.07) is 3.52. The molecular weight excluding hydrogens is 224 g/mol. The summed E-state index contributed by atoms with van der Waals surface area (Å²) in [5, 5.41) is 2.04. The molecule has 0 aliphatic rings. The molecule has 0 unspecified atom stereocenters. The molecule has 5 nitrogen and oxygen atoms in total. The van der Waals surface area contributed by atoms with Gasteiger partial charge in [-0.25, -0.2) is 4.98 Å². The summed E-state index contributed by atoms with van der Waals surface area (Å²) in [7, 11) is 1.69. The van der Waals surface area contributed by atoms with Gasteiger partial charge in [0.05, 0.1) is 0 Å². The number of nitrogen functional groups attached to an aromatic ring is 1. The summed E-state index contributed by atoms with van der Waals surface area (Å²) in [5.41, 5.74) is 6.61. The van der Waals surface area contributed by atoms with Crippen molar-refractivity contribution in [2.45, 2.75) is 0 Å². The van der Waals surface area contributed by atoms with Crippen LogP contribution < -0.4 is 10.6 Å². The highest BCUT2D eigenvalue weighted by Crippen LogP contribution is 2.16. The molecule has 0 aromatic carbocycles. The molecule has 0 atom stereocenters. The van der Waals surface area contributed by atoms with Crippen molar-refractivity contribution in [2.24, 2.45) is 0 Å². The van der Waals surface area contributed by atoms with Gasteiger partial charge in [-0.15, -0.1) is 11.3 Å². The molecular formula is C10H10N4OS. The maximum absolute atomic E-state index is 12.0. The van der Waals surface area contributed by atoms with Gasteiger partial charge in [0.2, 0.25) is 0 Å². The van der Waals surface area contributed by atoms with E-state index >= 15 is 0 Å². The lowest BCUT2D eigenvalue weighted by atomic mass is 10.3. The first-order valence-electron chi connectivity index (χ1n) is 4.57. The van der Waals surface area contributed by atoms with Gasteiger partial charge < -0.3 is 10.6 Å². The molecule has 6 heteroatoms. The van der Waals surface area contributed by atoms with Crippen molar-refractivity contribution in [3.8, 4) is 0 Å². The summed E-state index contributed by atoms with van der Waals surface area (Å²) >= 11 is 1.25. The predicted molar refractivity (Wildman–Crippen MR) is 63.5 cm³/mol. The SMILES string of the molecule is CN(C(=O)c1csc(N)n1)c1ccncc1. The Kier molecular flexibility index (Phi) is 2.82. The zero-order valence-electron chi connectivity index (χ0n) is 8.62. The first-order chi connectivity index (χ1) is 7.68. The highest BCUT2D eigenvalue weighted by atomic mass is 32.1. The Morgan fingerprint density at radius 1 is 1.44 bits per heavy atom. The molecule has 0 fully saturated rings. The molecule has 0 bridgehead atoms. The van der Waals surface area contributed by atoms with E-state index in [9.17, 15) is 4.79 Å². The summed E-state index contributed by atoms with van der Waals surface area (Å²) in [6.07, 6.45) is 3.27. The Morgan fingerprint density at radius 3 is 2.69 bits per heavy atom. The summed E-state index contributed by atoms with van der Waals surface area (Å²) < 4.78 is 0. The van der Waals surface area contributed by atoms with Crippen LogP contribution in [0.1, 0.15) is 10.5 Å². The predicted octanol–water partition coefficient (Wildman–Crippen LogP) is 1.40. The average molecular weight is 234 g/mol. The molecule has 2 heterocycles. The van der Waals surface area contributed by atoms with Crippen molar-refractivity contribution in [3.05, 3.63) is 35.6 Å². The van der Waals surface area contributed by atoms with Crippen molar-refractivity contribution < 1.29 is 4.79 Å². The van der Waals surface area contributed by atoms with E-state index < -0.39 is 0 Å². The van der Waals surface area contributed by atoms with E-state index in [1.807, 2.05) is 0 Å². The van der Waals surface area contributed by atoms with Crippen molar-refractivity contribution in [1.29, 1.82) is 0 Å². The van der Waals surface area contributed by atoms with Crippen LogP contribution in [0.15, 0.2) is 29.9 Å². The molecule has 2 aromatic rings. The number of anilines is 2. The van der Waals surface area contributed by atoms with Crippen LogP contribution in [0, 0.1) is 0 Å². The van der Waals surface area contributed by atoms with Crippen molar-refractivity contribution in [1.82, 2.24) is 9.97 Å². The molecule has 0 saturated carbocycles. The minimum Gasteiger partial charge on any atom is -0.375 e. The Morgan fingerprint density at radius 2 is 2.12 bits per heavy atom. The molecule has 2 rings (SSSR count). The Bertz CT molecular complexity index is 497. The van der Waals surface area contributed by atoms with Crippen LogP contribution in [-0.2, 0) is 0 Å². The Labute approximate surface area is 96.6 Å². The van der Waals surface area contributed by atoms with E-state index in [1.165, 1.54) is 16.2 Å². The van der Waals surface area contributed by atoms with Gasteiger partial charge in [0.15, 0.2) is 5.13 Å². The minimum atomic E-state index is -0.181. The molecule has 1 amide bonds. The number of nitrogens with zero attached hydrogens (tertiary/aromatic N) is 3. The number of carbonyl (C=O) groups excluding carboxylic acids is 1. The Balaban J connectivity index is 2.23. The summed E-state index contributed by atoms with van der Waals surface area (Å²) in [4.78, 5) is 21.3. The van der Waals surface area contributed by atoms with Crippen LogP contribution in [0.3, 0.4) is 0 Å². The van der Waals surface area contributed by atoms with E-state index in [2.05, 4.69) is 9.97 Å². The zero-order chi connectivity index (χ0) is 11.5. The quantitative estimate of drug-likeness (QED) is 0.852. The number of hydrogen-bond acceptors (Lipinski definition) is 5. The lowest BCUT2D eigenvalue weighted by Crippen LogP contribution is -2.26. The van der Waals surface area contributed by atoms with Crippen LogP contribution in [0.25, 0.3) is 0 Å². The van der Waals surface area contributed by atoms with Gasteiger partial charge in [-0.3, -0.25) is 9.78 Å². The minimum absolute atomic E-state index is 0.181. The number of nitrogens with two attached hydrogens (primary N) is 1. The highest BCUT2D eigenvalue weighted by Gasteiger charge is 2.15. The molecule has 16 heavy (non-hydrogen) atoms. The highest BCUT2D eigenvalue weighted by molar-refractivity contribution is 7.13. The zero-order valence-corrected chi connectivity index (χ0v) is 9.44. The van der Waals surface area contributed by atoms with Crippen molar-refractivity contribution in [3.63, 3.8) is 0 Å². The number of rotatable bonds is 2. The normalized spacial score (nSPS) is 10.1. The topological polar surface area (TPSA) is 72.1 Å². The van der Waals surface area contributed by atoms with Gasteiger partial charge in [-0.2, -0.15) is 0 Å². The first kappa shape index (κ1) is 10.6. The molecule has 2 N–H and O–H groups in total. The van der Waals surface area contributed by atoms with E-state index in [-0.39, 0.29) is 5.91 Å². The lowest BCUT2D eigenvalue weighted by Gasteiger charge is -2.15. The first-order valence-corrected chi connectivity index (χ1v) is 5.45. The number of carbonyl (C=O) groups is 1. The molecule has 0 aliphatic carbocycles. The van der Waals surface area contributed by atoms with Crippen LogP contribution in [-0.4, -0.2) is 22.9 Å². The molecule has 0 radical (unpaired) electrons. The van der Waals surface area contributed by atoms with Gasteiger partial charge >= 0.3 is 0 Å². The van der Waals surface area contributed by atoms with Gasteiger partial charge in [0.25, 0.3) is 5.91 Å². The van der Waals surface area contributed by atoms with Crippen molar-refractivity contribution in [2.75, 3.05) is 17.7 Å². The van der Waals surface area contributed by atoms with E-state index in [0.717, 1.165) is 5.69 Å². The van der Waals surface area contributed by atoms with Gasteiger partial charge in [-0.1, -0.05) is 0 Å². The maximum Gasteiger partial charge on any atom is 0.277 e. The Hall–Kier alpha value is -1.95. The number of pyridine rings is 1. The molecule has 82 valence electrons. The number of thiazole rings is 1.